The summed E-state index contributed by atoms with van der Waals surface area (Å²) in [5.74, 6) is 0.884. The average molecular weight is 287 g/mol. The Balaban J connectivity index is 2.07. The van der Waals surface area contributed by atoms with Gasteiger partial charge in [-0.25, -0.2) is 0 Å². The Morgan fingerprint density at radius 3 is 2.65 bits per heavy atom. The van der Waals surface area contributed by atoms with E-state index in [1.54, 1.807) is 19.2 Å². The van der Waals surface area contributed by atoms with Gasteiger partial charge in [0.1, 0.15) is 11.8 Å². The van der Waals surface area contributed by atoms with Crippen LogP contribution in [0.25, 0.3) is 0 Å². The van der Waals surface area contributed by atoms with Crippen LogP contribution < -0.4 is 10.1 Å². The molecule has 0 aliphatic heterocycles. The van der Waals surface area contributed by atoms with Crippen molar-refractivity contribution in [2.75, 3.05) is 12.4 Å². The van der Waals surface area contributed by atoms with Gasteiger partial charge in [0.2, 0.25) is 0 Å². The van der Waals surface area contributed by atoms with Gasteiger partial charge in [-0.1, -0.05) is 23.7 Å². The van der Waals surface area contributed by atoms with Crippen LogP contribution in [0.1, 0.15) is 16.7 Å². The number of anilines is 1. The van der Waals surface area contributed by atoms with Crippen molar-refractivity contribution >= 4 is 17.3 Å². The Kier molecular flexibility index (Phi) is 4.49. The molecular weight excluding hydrogens is 272 g/mol. The predicted octanol–water partition coefficient (Wildman–Crippen LogP) is 4.14. The smallest absolute Gasteiger partial charge is 0.121 e. The summed E-state index contributed by atoms with van der Waals surface area (Å²) in [6, 6.07) is 13.4. The normalized spacial score (nSPS) is 9.90. The van der Waals surface area contributed by atoms with Crippen LogP contribution in [0.3, 0.4) is 0 Å². The number of ether oxygens (including phenoxy) is 1. The molecule has 0 spiro atoms. The van der Waals surface area contributed by atoms with Crippen LogP contribution in [0, 0.1) is 18.3 Å². The Bertz CT molecular complexity index is 662. The van der Waals surface area contributed by atoms with Crippen LogP contribution in [0.2, 0.25) is 5.02 Å². The van der Waals surface area contributed by atoms with Crippen LogP contribution in [0.5, 0.6) is 5.75 Å². The number of halogens is 1. The number of hydrogen-bond donors (Lipinski definition) is 1. The molecule has 0 saturated carbocycles. The van der Waals surface area contributed by atoms with Gasteiger partial charge in [0, 0.05) is 12.2 Å². The number of methoxy groups -OCH3 is 1. The first-order valence-corrected chi connectivity index (χ1v) is 6.59. The highest BCUT2D eigenvalue weighted by Crippen LogP contribution is 2.22. The van der Waals surface area contributed by atoms with E-state index >= 15 is 0 Å². The highest BCUT2D eigenvalue weighted by Gasteiger charge is 2.02. The summed E-state index contributed by atoms with van der Waals surface area (Å²) in [6.07, 6.45) is 0. The van der Waals surface area contributed by atoms with Gasteiger partial charge in [-0.3, -0.25) is 0 Å². The number of hydrogen-bond acceptors (Lipinski definition) is 3. The lowest BCUT2D eigenvalue weighted by atomic mass is 10.1. The molecule has 0 saturated heterocycles. The van der Waals surface area contributed by atoms with Gasteiger partial charge in [-0.2, -0.15) is 5.26 Å². The van der Waals surface area contributed by atoms with Gasteiger partial charge in [-0.05, 0) is 42.3 Å². The van der Waals surface area contributed by atoms with Crippen molar-refractivity contribution in [3.63, 3.8) is 0 Å². The van der Waals surface area contributed by atoms with E-state index in [2.05, 4.69) is 11.4 Å². The van der Waals surface area contributed by atoms with E-state index in [-0.39, 0.29) is 0 Å². The summed E-state index contributed by atoms with van der Waals surface area (Å²) in [7, 11) is 1.67. The molecular formula is C16H15ClN2O. The number of nitriles is 1. The highest BCUT2D eigenvalue weighted by atomic mass is 35.5. The Labute approximate surface area is 123 Å². The number of rotatable bonds is 4. The van der Waals surface area contributed by atoms with E-state index in [0.717, 1.165) is 22.6 Å². The Morgan fingerprint density at radius 1 is 1.25 bits per heavy atom. The monoisotopic (exact) mass is 286 g/mol. The van der Waals surface area contributed by atoms with Crippen LogP contribution >= 0.6 is 11.6 Å². The molecule has 0 radical (unpaired) electrons. The quantitative estimate of drug-likeness (QED) is 0.919. The van der Waals surface area contributed by atoms with E-state index in [1.165, 1.54) is 0 Å². The first-order valence-electron chi connectivity index (χ1n) is 6.21. The predicted molar refractivity (Wildman–Crippen MR) is 81.2 cm³/mol. The zero-order valence-corrected chi connectivity index (χ0v) is 12.2. The third-order valence-corrected chi connectivity index (χ3v) is 3.36. The van der Waals surface area contributed by atoms with E-state index in [0.29, 0.717) is 17.1 Å². The number of nitrogens with one attached hydrogen (secondary N) is 1. The van der Waals surface area contributed by atoms with Gasteiger partial charge in [-0.15, -0.1) is 0 Å². The third-order valence-electron chi connectivity index (χ3n) is 3.05. The van der Waals surface area contributed by atoms with Crippen LogP contribution in [0.4, 0.5) is 5.69 Å². The van der Waals surface area contributed by atoms with Crippen molar-refractivity contribution < 1.29 is 4.74 Å². The fourth-order valence-corrected chi connectivity index (χ4v) is 2.19. The molecule has 20 heavy (non-hydrogen) atoms. The molecule has 0 amide bonds. The largest absolute Gasteiger partial charge is 0.496 e. The van der Waals surface area contributed by atoms with E-state index in [4.69, 9.17) is 21.6 Å². The minimum atomic E-state index is 0.461. The standard InChI is InChI=1S/C16H15ClN2O/c1-11-7-12(3-6-16(11)20-2)10-19-14-5-4-13(9-18)15(17)8-14/h3-8,19H,10H2,1-2H3. The summed E-state index contributed by atoms with van der Waals surface area (Å²) >= 11 is 6.00. The molecule has 2 aromatic carbocycles. The zero-order chi connectivity index (χ0) is 14.5. The van der Waals surface area contributed by atoms with E-state index in [1.807, 2.05) is 31.2 Å². The molecule has 0 unspecified atom stereocenters. The van der Waals surface area contributed by atoms with Crippen LogP contribution in [0.15, 0.2) is 36.4 Å². The molecule has 102 valence electrons. The molecule has 1 N–H and O–H groups in total. The summed E-state index contributed by atoms with van der Waals surface area (Å²) in [5, 5.41) is 12.6. The van der Waals surface area contributed by atoms with Gasteiger partial charge < -0.3 is 10.1 Å². The third kappa shape index (κ3) is 3.23. The van der Waals surface area contributed by atoms with Crippen LogP contribution in [-0.4, -0.2) is 7.11 Å². The van der Waals surface area contributed by atoms with Crippen molar-refractivity contribution in [3.8, 4) is 11.8 Å². The molecule has 0 heterocycles. The molecule has 0 aromatic heterocycles. The molecule has 0 atom stereocenters. The molecule has 2 aromatic rings. The maximum Gasteiger partial charge on any atom is 0.121 e. The fourth-order valence-electron chi connectivity index (χ4n) is 1.97. The topological polar surface area (TPSA) is 45.0 Å². The summed E-state index contributed by atoms with van der Waals surface area (Å²) < 4.78 is 5.24. The maximum atomic E-state index is 8.83. The van der Waals surface area contributed by atoms with Crippen molar-refractivity contribution in [2.24, 2.45) is 0 Å². The number of benzene rings is 2. The van der Waals surface area contributed by atoms with Gasteiger partial charge in [0.15, 0.2) is 0 Å². The lowest BCUT2D eigenvalue weighted by Crippen LogP contribution is -2.00. The molecule has 4 heteroatoms. The molecule has 0 aliphatic carbocycles. The van der Waals surface area contributed by atoms with Crippen molar-refractivity contribution in [1.82, 2.24) is 0 Å². The first kappa shape index (κ1) is 14.2. The second kappa shape index (κ2) is 6.31. The lowest BCUT2D eigenvalue weighted by Gasteiger charge is -2.10. The van der Waals surface area contributed by atoms with E-state index in [9.17, 15) is 0 Å². The van der Waals surface area contributed by atoms with Crippen molar-refractivity contribution in [3.05, 3.63) is 58.1 Å². The summed E-state index contributed by atoms with van der Waals surface area (Å²) in [5.41, 5.74) is 3.63. The number of nitrogens with zero attached hydrogens (tertiary/aromatic N) is 1. The van der Waals surface area contributed by atoms with Gasteiger partial charge in [0.05, 0.1) is 17.7 Å². The second-order valence-electron chi connectivity index (χ2n) is 4.46. The van der Waals surface area contributed by atoms with E-state index < -0.39 is 0 Å². The molecule has 3 nitrogen and oxygen atoms in total. The SMILES string of the molecule is COc1ccc(CNc2ccc(C#N)c(Cl)c2)cc1C. The first-order chi connectivity index (χ1) is 9.63. The lowest BCUT2D eigenvalue weighted by molar-refractivity contribution is 0.411. The molecule has 0 fully saturated rings. The van der Waals surface area contributed by atoms with Gasteiger partial charge >= 0.3 is 0 Å². The molecule has 0 bridgehead atoms. The second-order valence-corrected chi connectivity index (χ2v) is 4.87. The minimum absolute atomic E-state index is 0.461. The van der Waals surface area contributed by atoms with Crippen molar-refractivity contribution in [1.29, 1.82) is 5.26 Å². The van der Waals surface area contributed by atoms with Crippen LogP contribution in [-0.2, 0) is 6.54 Å². The number of aryl methyl sites for hydroxylation is 1. The Morgan fingerprint density at radius 2 is 2.05 bits per heavy atom. The highest BCUT2D eigenvalue weighted by molar-refractivity contribution is 6.32. The fraction of sp³-hybridized carbons (Fsp3) is 0.188. The van der Waals surface area contributed by atoms with Crippen molar-refractivity contribution in [2.45, 2.75) is 13.5 Å². The average Bonchev–Trinajstić information content (AvgIpc) is 2.45. The molecule has 2 rings (SSSR count). The summed E-state index contributed by atoms with van der Waals surface area (Å²) in [4.78, 5) is 0. The van der Waals surface area contributed by atoms with Gasteiger partial charge in [0.25, 0.3) is 0 Å². The minimum Gasteiger partial charge on any atom is -0.496 e. The molecule has 0 aliphatic rings. The Hall–Kier alpha value is -2.18. The maximum absolute atomic E-state index is 8.83. The zero-order valence-electron chi connectivity index (χ0n) is 11.4. The summed E-state index contributed by atoms with van der Waals surface area (Å²) in [6.45, 7) is 2.70.